The standard InChI is InChI=1S/C21H24FNO3/c1-26-20-14-23(13-15-5-7-17(8-6-15)21(24)25)10-9-18(20)11-16-3-2-4-19(22)12-16/h2-8,12,18,20H,9-11,13-14H2,1H3,(H,24,25)/t18-,20-/m1/s1. The normalized spacial score (nSPS) is 20.8. The van der Waals surface area contributed by atoms with Crippen molar-refractivity contribution in [3.05, 3.63) is 71.0 Å². The molecule has 5 heteroatoms. The lowest BCUT2D eigenvalue weighted by Gasteiger charge is -2.38. The van der Waals surface area contributed by atoms with Crippen molar-refractivity contribution < 1.29 is 19.0 Å². The van der Waals surface area contributed by atoms with Crippen LogP contribution in [0, 0.1) is 11.7 Å². The molecule has 1 N–H and O–H groups in total. The zero-order valence-electron chi connectivity index (χ0n) is 14.9. The van der Waals surface area contributed by atoms with Crippen LogP contribution in [0.25, 0.3) is 0 Å². The van der Waals surface area contributed by atoms with E-state index in [0.717, 1.165) is 43.6 Å². The fraction of sp³-hybridized carbons (Fsp3) is 0.381. The van der Waals surface area contributed by atoms with Crippen LogP contribution in [-0.4, -0.2) is 42.3 Å². The first-order chi connectivity index (χ1) is 12.5. The van der Waals surface area contributed by atoms with Gasteiger partial charge in [-0.25, -0.2) is 9.18 Å². The summed E-state index contributed by atoms with van der Waals surface area (Å²) >= 11 is 0. The molecule has 0 radical (unpaired) electrons. The fourth-order valence-electron chi connectivity index (χ4n) is 3.65. The molecule has 3 rings (SSSR count). The molecule has 0 unspecified atom stereocenters. The number of methoxy groups -OCH3 is 1. The predicted molar refractivity (Wildman–Crippen MR) is 97.7 cm³/mol. The Kier molecular flexibility index (Phi) is 6.01. The molecule has 1 aliphatic heterocycles. The number of carbonyl (C=O) groups is 1. The van der Waals surface area contributed by atoms with Crippen LogP contribution in [0.4, 0.5) is 4.39 Å². The SMILES string of the molecule is CO[C@@H]1CN(Cc2ccc(C(=O)O)cc2)CC[C@@H]1Cc1cccc(F)c1. The van der Waals surface area contributed by atoms with Crippen molar-refractivity contribution in [2.24, 2.45) is 5.92 Å². The summed E-state index contributed by atoms with van der Waals surface area (Å²) in [6, 6.07) is 13.8. The molecule has 4 nitrogen and oxygen atoms in total. The zero-order valence-corrected chi connectivity index (χ0v) is 14.9. The van der Waals surface area contributed by atoms with Crippen LogP contribution in [0.15, 0.2) is 48.5 Å². The van der Waals surface area contributed by atoms with Gasteiger partial charge in [-0.1, -0.05) is 24.3 Å². The molecule has 1 fully saturated rings. The smallest absolute Gasteiger partial charge is 0.335 e. The number of piperidine rings is 1. The largest absolute Gasteiger partial charge is 0.478 e. The number of hydrogen-bond acceptors (Lipinski definition) is 3. The van der Waals surface area contributed by atoms with Crippen LogP contribution in [0.3, 0.4) is 0 Å². The van der Waals surface area contributed by atoms with Gasteiger partial charge in [-0.3, -0.25) is 4.90 Å². The number of aromatic carboxylic acids is 1. The van der Waals surface area contributed by atoms with Crippen molar-refractivity contribution in [3.63, 3.8) is 0 Å². The average molecular weight is 357 g/mol. The first-order valence-corrected chi connectivity index (χ1v) is 8.87. The Hall–Kier alpha value is -2.24. The van der Waals surface area contributed by atoms with Crippen molar-refractivity contribution in [1.82, 2.24) is 4.90 Å². The summed E-state index contributed by atoms with van der Waals surface area (Å²) in [6.45, 7) is 2.53. The summed E-state index contributed by atoms with van der Waals surface area (Å²) in [5.41, 5.74) is 2.40. The minimum Gasteiger partial charge on any atom is -0.478 e. The van der Waals surface area contributed by atoms with E-state index < -0.39 is 5.97 Å². The van der Waals surface area contributed by atoms with E-state index in [-0.39, 0.29) is 11.9 Å². The first-order valence-electron chi connectivity index (χ1n) is 8.87. The minimum atomic E-state index is -0.908. The average Bonchev–Trinajstić information content (AvgIpc) is 2.63. The second-order valence-electron chi connectivity index (χ2n) is 6.89. The fourth-order valence-corrected chi connectivity index (χ4v) is 3.65. The van der Waals surface area contributed by atoms with Crippen LogP contribution >= 0.6 is 0 Å². The van der Waals surface area contributed by atoms with Crippen molar-refractivity contribution in [3.8, 4) is 0 Å². The molecule has 138 valence electrons. The summed E-state index contributed by atoms with van der Waals surface area (Å²) in [5, 5.41) is 8.98. The van der Waals surface area contributed by atoms with Crippen LogP contribution < -0.4 is 0 Å². The van der Waals surface area contributed by atoms with Gasteiger partial charge in [0, 0.05) is 20.2 Å². The first kappa shape index (κ1) is 18.5. The summed E-state index contributed by atoms with van der Waals surface area (Å²) in [4.78, 5) is 13.3. The van der Waals surface area contributed by atoms with Gasteiger partial charge in [-0.15, -0.1) is 0 Å². The second kappa shape index (κ2) is 8.43. The van der Waals surface area contributed by atoms with Gasteiger partial charge in [0.15, 0.2) is 0 Å². The van der Waals surface area contributed by atoms with Crippen molar-refractivity contribution in [1.29, 1.82) is 0 Å². The van der Waals surface area contributed by atoms with Gasteiger partial charge in [0.25, 0.3) is 0 Å². The van der Waals surface area contributed by atoms with Gasteiger partial charge < -0.3 is 9.84 Å². The van der Waals surface area contributed by atoms with Gasteiger partial charge in [0.05, 0.1) is 11.7 Å². The Morgan fingerprint density at radius 1 is 1.23 bits per heavy atom. The summed E-state index contributed by atoms with van der Waals surface area (Å²) in [5.74, 6) is -0.736. The monoisotopic (exact) mass is 357 g/mol. The van der Waals surface area contributed by atoms with E-state index in [1.54, 1.807) is 31.4 Å². The quantitative estimate of drug-likeness (QED) is 0.858. The van der Waals surface area contributed by atoms with Crippen LogP contribution in [0.2, 0.25) is 0 Å². The Labute approximate surface area is 153 Å². The molecule has 0 amide bonds. The van der Waals surface area contributed by atoms with E-state index >= 15 is 0 Å². The number of carboxylic acids is 1. The summed E-state index contributed by atoms with van der Waals surface area (Å²) in [6.07, 6.45) is 1.91. The number of halogens is 1. The van der Waals surface area contributed by atoms with Crippen LogP contribution in [0.1, 0.15) is 27.9 Å². The summed E-state index contributed by atoms with van der Waals surface area (Å²) < 4.78 is 19.1. The maximum Gasteiger partial charge on any atom is 0.335 e. The Morgan fingerprint density at radius 3 is 2.65 bits per heavy atom. The van der Waals surface area contributed by atoms with Crippen LogP contribution in [0.5, 0.6) is 0 Å². The molecule has 2 aromatic rings. The number of nitrogens with zero attached hydrogens (tertiary/aromatic N) is 1. The number of benzene rings is 2. The third kappa shape index (κ3) is 4.68. The molecule has 1 heterocycles. The topological polar surface area (TPSA) is 49.8 Å². The van der Waals surface area contributed by atoms with E-state index in [4.69, 9.17) is 9.84 Å². The van der Waals surface area contributed by atoms with Gasteiger partial charge in [-0.05, 0) is 60.7 Å². The predicted octanol–water partition coefficient (Wildman–Crippen LogP) is 3.60. The van der Waals surface area contributed by atoms with E-state index in [9.17, 15) is 9.18 Å². The van der Waals surface area contributed by atoms with Gasteiger partial charge in [0.2, 0.25) is 0 Å². The number of likely N-dealkylation sites (tertiary alicyclic amines) is 1. The zero-order chi connectivity index (χ0) is 18.5. The maximum atomic E-state index is 13.4. The highest BCUT2D eigenvalue weighted by atomic mass is 19.1. The Balaban J connectivity index is 1.59. The number of rotatable bonds is 6. The molecule has 0 aliphatic carbocycles. The van der Waals surface area contributed by atoms with Gasteiger partial charge in [-0.2, -0.15) is 0 Å². The highest BCUT2D eigenvalue weighted by Gasteiger charge is 2.29. The second-order valence-corrected chi connectivity index (χ2v) is 6.89. The maximum absolute atomic E-state index is 13.4. The molecule has 0 bridgehead atoms. The lowest BCUT2D eigenvalue weighted by atomic mass is 9.87. The Morgan fingerprint density at radius 2 is 2.00 bits per heavy atom. The molecule has 2 atom stereocenters. The lowest BCUT2D eigenvalue weighted by Crippen LogP contribution is -2.45. The molecule has 2 aromatic carbocycles. The van der Waals surface area contributed by atoms with Crippen molar-refractivity contribution in [2.45, 2.75) is 25.5 Å². The molecule has 0 spiro atoms. The summed E-state index contributed by atoms with van der Waals surface area (Å²) in [7, 11) is 1.73. The van der Waals surface area contributed by atoms with Gasteiger partial charge in [0.1, 0.15) is 5.82 Å². The molecule has 26 heavy (non-hydrogen) atoms. The number of hydrogen-bond donors (Lipinski definition) is 1. The van der Waals surface area contributed by atoms with E-state index in [1.165, 1.54) is 6.07 Å². The molecular formula is C21H24FNO3. The van der Waals surface area contributed by atoms with Gasteiger partial charge >= 0.3 is 5.97 Å². The molecule has 1 aliphatic rings. The third-order valence-corrected chi connectivity index (χ3v) is 5.08. The molecule has 1 saturated heterocycles. The van der Waals surface area contributed by atoms with E-state index in [1.807, 2.05) is 18.2 Å². The lowest BCUT2D eigenvalue weighted by molar-refractivity contribution is -0.0136. The molecular weight excluding hydrogens is 333 g/mol. The van der Waals surface area contributed by atoms with E-state index in [2.05, 4.69) is 4.90 Å². The highest BCUT2D eigenvalue weighted by molar-refractivity contribution is 5.87. The number of carboxylic acid groups (broad SMARTS) is 1. The van der Waals surface area contributed by atoms with Crippen LogP contribution in [-0.2, 0) is 17.7 Å². The number of ether oxygens (including phenoxy) is 1. The highest BCUT2D eigenvalue weighted by Crippen LogP contribution is 2.25. The molecule has 0 aromatic heterocycles. The van der Waals surface area contributed by atoms with Crippen molar-refractivity contribution >= 4 is 5.97 Å². The minimum absolute atomic E-state index is 0.102. The van der Waals surface area contributed by atoms with Crippen molar-refractivity contribution in [2.75, 3.05) is 20.2 Å². The van der Waals surface area contributed by atoms with E-state index in [0.29, 0.717) is 11.5 Å². The Bertz CT molecular complexity index is 747. The third-order valence-electron chi connectivity index (χ3n) is 5.08. The molecule has 0 saturated carbocycles.